The Balaban J connectivity index is 1.78. The summed E-state index contributed by atoms with van der Waals surface area (Å²) in [5, 5.41) is 0. The molecule has 0 saturated carbocycles. The zero-order valence-corrected chi connectivity index (χ0v) is 11.3. The minimum atomic E-state index is 0.846. The number of aryl methyl sites for hydroxylation is 2. The highest BCUT2D eigenvalue weighted by Crippen LogP contribution is 2.25. The Morgan fingerprint density at radius 3 is 2.47 bits per heavy atom. The van der Waals surface area contributed by atoms with Crippen LogP contribution in [0.5, 0.6) is 5.75 Å². The topological polar surface area (TPSA) is 12.2 Å². The Kier molecular flexibility index (Phi) is 4.06. The summed E-state index contributed by atoms with van der Waals surface area (Å²) in [5.41, 5.74) is 3.85. The van der Waals surface area contributed by atoms with Crippen molar-refractivity contribution >= 4 is 0 Å². The van der Waals surface area contributed by atoms with E-state index in [0.717, 1.165) is 18.8 Å². The highest BCUT2D eigenvalue weighted by molar-refractivity contribution is 5.44. The van der Waals surface area contributed by atoms with Gasteiger partial charge in [0.25, 0.3) is 0 Å². The summed E-state index contributed by atoms with van der Waals surface area (Å²) in [6.07, 6.45) is 2.41. The van der Waals surface area contributed by atoms with Crippen molar-refractivity contribution in [2.45, 2.75) is 33.6 Å². The zero-order valence-electron chi connectivity index (χ0n) is 11.3. The first-order valence-corrected chi connectivity index (χ1v) is 6.60. The third-order valence-electron chi connectivity index (χ3n) is 3.53. The molecule has 2 rings (SSSR count). The van der Waals surface area contributed by atoms with Crippen molar-refractivity contribution < 1.29 is 4.74 Å². The summed E-state index contributed by atoms with van der Waals surface area (Å²) in [6, 6.07) is 4.31. The van der Waals surface area contributed by atoms with E-state index in [-0.39, 0.29) is 0 Å². The van der Waals surface area contributed by atoms with E-state index in [1.807, 2.05) is 0 Å². The number of nitrogens with zero attached hydrogens (tertiary/aromatic N) is 1. The molecule has 0 spiro atoms. The van der Waals surface area contributed by atoms with Gasteiger partial charge in [0.1, 0.15) is 5.75 Å². The van der Waals surface area contributed by atoms with Gasteiger partial charge in [-0.2, -0.15) is 0 Å². The Labute approximate surface area is 105 Å². The fraction of sp³-hybridized carbons (Fsp3) is 0.600. The Morgan fingerprint density at radius 1 is 1.06 bits per heavy atom. The van der Waals surface area contributed by atoms with Crippen LogP contribution >= 0.6 is 0 Å². The van der Waals surface area contributed by atoms with Gasteiger partial charge in [0.05, 0.1) is 6.61 Å². The molecule has 1 fully saturated rings. The van der Waals surface area contributed by atoms with E-state index in [0.29, 0.717) is 0 Å². The van der Waals surface area contributed by atoms with E-state index >= 15 is 0 Å². The van der Waals surface area contributed by atoms with E-state index in [1.54, 1.807) is 0 Å². The average molecular weight is 233 g/mol. The molecular formula is C15H23NO. The fourth-order valence-corrected chi connectivity index (χ4v) is 2.05. The van der Waals surface area contributed by atoms with Crippen molar-refractivity contribution in [2.24, 2.45) is 0 Å². The largest absolute Gasteiger partial charge is 0.493 e. The van der Waals surface area contributed by atoms with Gasteiger partial charge in [0.2, 0.25) is 0 Å². The van der Waals surface area contributed by atoms with Gasteiger partial charge in [-0.3, -0.25) is 0 Å². The zero-order chi connectivity index (χ0) is 12.3. The van der Waals surface area contributed by atoms with Gasteiger partial charge in [0, 0.05) is 13.1 Å². The first-order chi connectivity index (χ1) is 8.18. The molecule has 0 N–H and O–H groups in total. The molecule has 2 nitrogen and oxygen atoms in total. The number of benzene rings is 1. The smallest absolute Gasteiger partial charge is 0.125 e. The van der Waals surface area contributed by atoms with Crippen LogP contribution in [-0.4, -0.2) is 31.1 Å². The van der Waals surface area contributed by atoms with Crippen LogP contribution in [0.2, 0.25) is 0 Å². The number of hydrogen-bond donors (Lipinski definition) is 0. The molecule has 17 heavy (non-hydrogen) atoms. The third kappa shape index (κ3) is 3.47. The summed E-state index contributed by atoms with van der Waals surface area (Å²) in [5.74, 6) is 1.09. The van der Waals surface area contributed by atoms with Gasteiger partial charge in [-0.15, -0.1) is 0 Å². The average Bonchev–Trinajstić information content (AvgIpc) is 3.11. The number of unbranched alkanes of at least 4 members (excludes halogenated alkanes) is 1. The van der Waals surface area contributed by atoms with Crippen molar-refractivity contribution in [3.63, 3.8) is 0 Å². The molecule has 0 radical (unpaired) electrons. The molecule has 0 aromatic heterocycles. The lowest BCUT2D eigenvalue weighted by Crippen LogP contribution is -2.05. The maximum Gasteiger partial charge on any atom is 0.125 e. The molecule has 1 aliphatic heterocycles. The first kappa shape index (κ1) is 12.4. The molecule has 1 saturated heterocycles. The quantitative estimate of drug-likeness (QED) is 0.553. The Hall–Kier alpha value is -1.02. The summed E-state index contributed by atoms with van der Waals surface area (Å²) in [4.78, 5) is 2.46. The molecule has 1 aliphatic rings. The van der Waals surface area contributed by atoms with Crippen LogP contribution in [0.15, 0.2) is 12.1 Å². The van der Waals surface area contributed by atoms with Gasteiger partial charge < -0.3 is 9.64 Å². The van der Waals surface area contributed by atoms with Crippen molar-refractivity contribution in [1.82, 2.24) is 4.90 Å². The van der Waals surface area contributed by atoms with Crippen LogP contribution in [0.4, 0.5) is 0 Å². The lowest BCUT2D eigenvalue weighted by atomic mass is 10.1. The van der Waals surface area contributed by atoms with Crippen molar-refractivity contribution in [2.75, 3.05) is 26.2 Å². The lowest BCUT2D eigenvalue weighted by molar-refractivity contribution is 0.298. The second-order valence-corrected chi connectivity index (χ2v) is 5.05. The molecule has 0 aliphatic carbocycles. The maximum atomic E-state index is 5.93. The van der Waals surface area contributed by atoms with Crippen molar-refractivity contribution in [1.29, 1.82) is 0 Å². The normalized spacial score (nSPS) is 15.0. The highest BCUT2D eigenvalue weighted by Gasteiger charge is 2.15. The fourth-order valence-electron chi connectivity index (χ4n) is 2.05. The van der Waals surface area contributed by atoms with E-state index in [1.165, 1.54) is 42.7 Å². The van der Waals surface area contributed by atoms with Crippen LogP contribution in [0.3, 0.4) is 0 Å². The van der Waals surface area contributed by atoms with E-state index in [9.17, 15) is 0 Å². The molecular weight excluding hydrogens is 210 g/mol. The van der Waals surface area contributed by atoms with Crippen LogP contribution in [0.25, 0.3) is 0 Å². The van der Waals surface area contributed by atoms with Crippen molar-refractivity contribution in [3.8, 4) is 5.75 Å². The van der Waals surface area contributed by atoms with Gasteiger partial charge in [-0.25, -0.2) is 0 Å². The summed E-state index contributed by atoms with van der Waals surface area (Å²) < 4.78 is 5.93. The first-order valence-electron chi connectivity index (χ1n) is 6.60. The minimum Gasteiger partial charge on any atom is -0.493 e. The van der Waals surface area contributed by atoms with Gasteiger partial charge in [0.15, 0.2) is 0 Å². The van der Waals surface area contributed by atoms with Gasteiger partial charge in [-0.05, 0) is 56.8 Å². The minimum absolute atomic E-state index is 0.846. The second kappa shape index (κ2) is 5.54. The molecule has 0 unspecified atom stereocenters. The van der Waals surface area contributed by atoms with Crippen molar-refractivity contribution in [3.05, 3.63) is 28.8 Å². The number of ether oxygens (including phenoxy) is 1. The summed E-state index contributed by atoms with van der Waals surface area (Å²) in [7, 11) is 0. The third-order valence-corrected chi connectivity index (χ3v) is 3.53. The van der Waals surface area contributed by atoms with Gasteiger partial charge >= 0.3 is 0 Å². The summed E-state index contributed by atoms with van der Waals surface area (Å²) in [6.45, 7) is 11.1. The molecule has 2 heteroatoms. The predicted molar refractivity (Wildman–Crippen MR) is 71.8 cm³/mol. The number of hydrogen-bond acceptors (Lipinski definition) is 2. The van der Waals surface area contributed by atoms with Gasteiger partial charge in [-0.1, -0.05) is 12.1 Å². The molecule has 0 atom stereocenters. The van der Waals surface area contributed by atoms with E-state index in [4.69, 9.17) is 4.74 Å². The highest BCUT2D eigenvalue weighted by atomic mass is 16.5. The second-order valence-electron chi connectivity index (χ2n) is 5.05. The molecule has 1 aromatic carbocycles. The monoisotopic (exact) mass is 233 g/mol. The SMILES string of the molecule is Cc1ccc(C)c(OCCCCN2CC2)c1C. The summed E-state index contributed by atoms with van der Waals surface area (Å²) >= 11 is 0. The molecule has 1 heterocycles. The van der Waals surface area contributed by atoms with Crippen LogP contribution < -0.4 is 4.74 Å². The Morgan fingerprint density at radius 2 is 1.76 bits per heavy atom. The number of rotatable bonds is 6. The van der Waals surface area contributed by atoms with Crippen LogP contribution in [-0.2, 0) is 0 Å². The van der Waals surface area contributed by atoms with E-state index < -0.39 is 0 Å². The van der Waals surface area contributed by atoms with Crippen LogP contribution in [0, 0.1) is 20.8 Å². The van der Waals surface area contributed by atoms with E-state index in [2.05, 4.69) is 37.8 Å². The molecule has 94 valence electrons. The molecule has 0 bridgehead atoms. The van der Waals surface area contributed by atoms with Crippen LogP contribution in [0.1, 0.15) is 29.5 Å². The maximum absolute atomic E-state index is 5.93. The Bertz CT molecular complexity index is 383. The molecule has 0 amide bonds. The predicted octanol–water partition coefficient (Wildman–Crippen LogP) is 3.09. The molecule has 1 aromatic rings. The standard InChI is InChI=1S/C15H23NO/c1-12-6-7-13(2)15(14(12)3)17-11-5-4-8-16-9-10-16/h6-7H,4-5,8-11H2,1-3H3. The lowest BCUT2D eigenvalue weighted by Gasteiger charge is -2.13.